The van der Waals surface area contributed by atoms with Gasteiger partial charge in [0.2, 0.25) is 5.91 Å². The zero-order chi connectivity index (χ0) is 20.3. The van der Waals surface area contributed by atoms with Gasteiger partial charge in [-0.05, 0) is 30.7 Å². The lowest BCUT2D eigenvalue weighted by molar-refractivity contribution is -0.124. The molecule has 1 aliphatic heterocycles. The standard InChI is InChI=1S/C20H19N5O3S/c26-20(16-8-10-29(27,28)14-16)23-22-12-17-13-25(18-6-2-1-3-7-18)24-19(17)15-5-4-9-21-11-15/h1-7,9,11-13,16H,8,10,14H2,(H,23,26)/b22-12-/t16-/m1/s1. The number of pyridine rings is 1. The fourth-order valence-electron chi connectivity index (χ4n) is 3.18. The summed E-state index contributed by atoms with van der Waals surface area (Å²) in [5, 5.41) is 8.67. The summed E-state index contributed by atoms with van der Waals surface area (Å²) in [5.41, 5.74) is 5.52. The highest BCUT2D eigenvalue weighted by molar-refractivity contribution is 7.91. The number of nitrogens with zero attached hydrogens (tertiary/aromatic N) is 4. The maximum Gasteiger partial charge on any atom is 0.244 e. The number of rotatable bonds is 5. The Morgan fingerprint density at radius 2 is 2.03 bits per heavy atom. The maximum absolute atomic E-state index is 12.2. The van der Waals surface area contributed by atoms with E-state index in [1.54, 1.807) is 17.1 Å². The van der Waals surface area contributed by atoms with E-state index in [4.69, 9.17) is 0 Å². The number of para-hydroxylation sites is 1. The van der Waals surface area contributed by atoms with Gasteiger partial charge in [-0.3, -0.25) is 9.78 Å². The number of hydrogen-bond acceptors (Lipinski definition) is 6. The Morgan fingerprint density at radius 1 is 1.21 bits per heavy atom. The van der Waals surface area contributed by atoms with E-state index in [-0.39, 0.29) is 17.4 Å². The number of aromatic nitrogens is 3. The van der Waals surface area contributed by atoms with Gasteiger partial charge in [0.05, 0.1) is 29.3 Å². The number of benzene rings is 1. The predicted octanol–water partition coefficient (Wildman–Crippen LogP) is 1.82. The first-order chi connectivity index (χ1) is 14.0. The summed E-state index contributed by atoms with van der Waals surface area (Å²) in [6.45, 7) is 0. The largest absolute Gasteiger partial charge is 0.273 e. The lowest BCUT2D eigenvalue weighted by Gasteiger charge is -2.04. The van der Waals surface area contributed by atoms with Crippen molar-refractivity contribution in [2.75, 3.05) is 11.5 Å². The molecule has 1 saturated heterocycles. The summed E-state index contributed by atoms with van der Waals surface area (Å²) < 4.78 is 24.8. The molecule has 1 N–H and O–H groups in total. The quantitative estimate of drug-likeness (QED) is 0.511. The molecular formula is C20H19N5O3S. The number of carbonyl (C=O) groups excluding carboxylic acids is 1. The normalized spacial score (nSPS) is 18.1. The van der Waals surface area contributed by atoms with E-state index in [0.717, 1.165) is 11.3 Å². The lowest BCUT2D eigenvalue weighted by Crippen LogP contribution is -2.27. The molecular weight excluding hydrogens is 390 g/mol. The van der Waals surface area contributed by atoms with Crippen molar-refractivity contribution in [3.8, 4) is 16.9 Å². The van der Waals surface area contributed by atoms with Gasteiger partial charge in [0, 0.05) is 29.7 Å². The molecule has 1 aliphatic rings. The van der Waals surface area contributed by atoms with Gasteiger partial charge in [-0.25, -0.2) is 18.5 Å². The van der Waals surface area contributed by atoms with Gasteiger partial charge < -0.3 is 0 Å². The van der Waals surface area contributed by atoms with E-state index in [0.29, 0.717) is 17.7 Å². The minimum Gasteiger partial charge on any atom is -0.273 e. The highest BCUT2D eigenvalue weighted by Crippen LogP contribution is 2.22. The first-order valence-corrected chi connectivity index (χ1v) is 10.9. The maximum atomic E-state index is 12.2. The Labute approximate surface area is 168 Å². The van der Waals surface area contributed by atoms with Crippen LogP contribution in [0.25, 0.3) is 16.9 Å². The highest BCUT2D eigenvalue weighted by atomic mass is 32.2. The Bertz CT molecular complexity index is 1140. The van der Waals surface area contributed by atoms with Gasteiger partial charge in [-0.15, -0.1) is 0 Å². The summed E-state index contributed by atoms with van der Waals surface area (Å²) in [5.74, 6) is -1.02. The van der Waals surface area contributed by atoms with Crippen molar-refractivity contribution < 1.29 is 13.2 Å². The molecule has 4 rings (SSSR count). The molecule has 29 heavy (non-hydrogen) atoms. The molecule has 1 atom stereocenters. The van der Waals surface area contributed by atoms with Crippen molar-refractivity contribution in [3.05, 3.63) is 66.6 Å². The second kappa shape index (κ2) is 7.96. The van der Waals surface area contributed by atoms with Crippen LogP contribution >= 0.6 is 0 Å². The van der Waals surface area contributed by atoms with Crippen LogP contribution in [0.2, 0.25) is 0 Å². The van der Waals surface area contributed by atoms with Crippen molar-refractivity contribution in [3.63, 3.8) is 0 Å². The lowest BCUT2D eigenvalue weighted by atomic mass is 10.1. The fourth-order valence-corrected chi connectivity index (χ4v) is 4.92. The smallest absolute Gasteiger partial charge is 0.244 e. The van der Waals surface area contributed by atoms with Gasteiger partial charge >= 0.3 is 0 Å². The summed E-state index contributed by atoms with van der Waals surface area (Å²) in [7, 11) is -3.12. The number of amides is 1. The molecule has 3 heterocycles. The molecule has 0 radical (unpaired) electrons. The molecule has 0 saturated carbocycles. The van der Waals surface area contributed by atoms with Gasteiger partial charge in [0.15, 0.2) is 9.84 Å². The molecule has 9 heteroatoms. The van der Waals surface area contributed by atoms with Crippen LogP contribution in [0.15, 0.2) is 66.2 Å². The van der Waals surface area contributed by atoms with Crippen LogP contribution < -0.4 is 5.43 Å². The van der Waals surface area contributed by atoms with Crippen LogP contribution in [0.3, 0.4) is 0 Å². The molecule has 2 aromatic heterocycles. The molecule has 1 aromatic carbocycles. The van der Waals surface area contributed by atoms with E-state index in [9.17, 15) is 13.2 Å². The fraction of sp³-hybridized carbons (Fsp3) is 0.200. The minimum absolute atomic E-state index is 0.0454. The van der Waals surface area contributed by atoms with E-state index in [1.807, 2.05) is 48.7 Å². The van der Waals surface area contributed by atoms with Crippen LogP contribution in [-0.2, 0) is 14.6 Å². The highest BCUT2D eigenvalue weighted by Gasteiger charge is 2.32. The minimum atomic E-state index is -3.12. The third-order valence-corrected chi connectivity index (χ3v) is 6.45. The third-order valence-electron chi connectivity index (χ3n) is 4.68. The van der Waals surface area contributed by atoms with E-state index in [2.05, 4.69) is 20.6 Å². The van der Waals surface area contributed by atoms with Crippen molar-refractivity contribution in [2.24, 2.45) is 11.0 Å². The van der Waals surface area contributed by atoms with Gasteiger partial charge in [-0.1, -0.05) is 18.2 Å². The zero-order valence-electron chi connectivity index (χ0n) is 15.5. The van der Waals surface area contributed by atoms with Crippen LogP contribution in [0, 0.1) is 5.92 Å². The average Bonchev–Trinajstić information content (AvgIpc) is 3.32. The predicted molar refractivity (Wildman–Crippen MR) is 109 cm³/mol. The van der Waals surface area contributed by atoms with Crippen molar-refractivity contribution in [1.29, 1.82) is 0 Å². The number of carbonyl (C=O) groups is 1. The van der Waals surface area contributed by atoms with E-state index >= 15 is 0 Å². The summed E-state index contributed by atoms with van der Waals surface area (Å²) in [6.07, 6.45) is 7.04. The number of hydrazone groups is 1. The van der Waals surface area contributed by atoms with Crippen molar-refractivity contribution in [2.45, 2.75) is 6.42 Å². The molecule has 148 valence electrons. The molecule has 0 bridgehead atoms. The Balaban J connectivity index is 1.58. The first-order valence-electron chi connectivity index (χ1n) is 9.11. The Morgan fingerprint density at radius 3 is 2.72 bits per heavy atom. The molecule has 8 nitrogen and oxygen atoms in total. The van der Waals surface area contributed by atoms with Crippen molar-refractivity contribution in [1.82, 2.24) is 20.2 Å². The average molecular weight is 409 g/mol. The van der Waals surface area contributed by atoms with Gasteiger partial charge in [0.1, 0.15) is 5.69 Å². The van der Waals surface area contributed by atoms with Crippen LogP contribution in [-0.4, -0.2) is 46.8 Å². The molecule has 1 amide bonds. The molecule has 3 aromatic rings. The summed E-state index contributed by atoms with van der Waals surface area (Å²) >= 11 is 0. The van der Waals surface area contributed by atoms with Crippen LogP contribution in [0.1, 0.15) is 12.0 Å². The number of sulfone groups is 1. The van der Waals surface area contributed by atoms with Gasteiger partial charge in [-0.2, -0.15) is 10.2 Å². The monoisotopic (exact) mass is 409 g/mol. The van der Waals surface area contributed by atoms with E-state index < -0.39 is 15.8 Å². The molecule has 0 aliphatic carbocycles. The Kier molecular flexibility index (Phi) is 5.22. The number of nitrogens with one attached hydrogen (secondary N) is 1. The van der Waals surface area contributed by atoms with Crippen LogP contribution in [0.4, 0.5) is 0 Å². The van der Waals surface area contributed by atoms with Crippen molar-refractivity contribution >= 4 is 22.0 Å². The second-order valence-electron chi connectivity index (χ2n) is 6.79. The number of hydrogen-bond donors (Lipinski definition) is 1. The van der Waals surface area contributed by atoms with Crippen LogP contribution in [0.5, 0.6) is 0 Å². The first kappa shape index (κ1) is 19.0. The summed E-state index contributed by atoms with van der Waals surface area (Å²) in [6, 6.07) is 13.3. The second-order valence-corrected chi connectivity index (χ2v) is 9.02. The third kappa shape index (κ3) is 4.40. The van der Waals surface area contributed by atoms with E-state index in [1.165, 1.54) is 6.21 Å². The topological polar surface area (TPSA) is 106 Å². The SMILES string of the molecule is O=C(N/N=C\c1cn(-c2ccccc2)nc1-c1cccnc1)[C@@H]1CCS(=O)(=O)C1. The zero-order valence-corrected chi connectivity index (χ0v) is 16.3. The molecule has 1 fully saturated rings. The van der Waals surface area contributed by atoms with Gasteiger partial charge in [0.25, 0.3) is 0 Å². The molecule has 0 unspecified atom stereocenters. The Hall–Kier alpha value is -3.33. The summed E-state index contributed by atoms with van der Waals surface area (Å²) in [4.78, 5) is 16.3. The molecule has 0 spiro atoms.